The first-order valence-electron chi connectivity index (χ1n) is 10.1. The number of rotatable bonds is 5. The van der Waals surface area contributed by atoms with Crippen molar-refractivity contribution in [1.82, 2.24) is 0 Å². The molecule has 4 rings (SSSR count). The lowest BCUT2D eigenvalue weighted by Crippen LogP contribution is -2.46. The second-order valence-corrected chi connectivity index (χ2v) is 8.22. The Hall–Kier alpha value is -3.22. The number of benzene rings is 3. The molecule has 0 aromatic heterocycles. The first-order valence-corrected chi connectivity index (χ1v) is 10.8. The Bertz CT molecular complexity index is 1140. The standard InChI is InChI=1S/C24H21Cl2N3O3/c25-21-10-9-18(15-22(21)26)29-13-11-28(12-14-29)17-7-5-16(6-8-17)27-23(30)19-3-1-2-4-20(19)24(31)32/h1-10,15H,11-14H2,(H,27,30)(H,31,32)/p-1. The molecule has 0 unspecified atom stereocenters. The predicted octanol–water partition coefficient (Wildman–Crippen LogP) is 3.94. The zero-order valence-electron chi connectivity index (χ0n) is 17.1. The average molecular weight is 469 g/mol. The van der Waals surface area contributed by atoms with Gasteiger partial charge >= 0.3 is 0 Å². The number of anilines is 3. The van der Waals surface area contributed by atoms with Gasteiger partial charge in [0.2, 0.25) is 0 Å². The highest BCUT2D eigenvalue weighted by Crippen LogP contribution is 2.28. The molecule has 0 radical (unpaired) electrons. The van der Waals surface area contributed by atoms with E-state index < -0.39 is 11.9 Å². The van der Waals surface area contributed by atoms with Gasteiger partial charge in [-0.15, -0.1) is 0 Å². The predicted molar refractivity (Wildman–Crippen MR) is 126 cm³/mol. The van der Waals surface area contributed by atoms with Crippen molar-refractivity contribution in [3.05, 3.63) is 87.9 Å². The van der Waals surface area contributed by atoms with E-state index in [2.05, 4.69) is 15.1 Å². The highest BCUT2D eigenvalue weighted by molar-refractivity contribution is 6.42. The van der Waals surface area contributed by atoms with Crippen LogP contribution in [0.3, 0.4) is 0 Å². The van der Waals surface area contributed by atoms with Gasteiger partial charge in [0, 0.05) is 54.4 Å². The lowest BCUT2D eigenvalue weighted by Gasteiger charge is -2.37. The summed E-state index contributed by atoms with van der Waals surface area (Å²) >= 11 is 12.2. The molecule has 1 aliphatic rings. The monoisotopic (exact) mass is 468 g/mol. The molecule has 1 saturated heterocycles. The Balaban J connectivity index is 1.38. The summed E-state index contributed by atoms with van der Waals surface area (Å²) in [6.45, 7) is 3.36. The minimum absolute atomic E-state index is 0.0648. The minimum atomic E-state index is -1.38. The summed E-state index contributed by atoms with van der Waals surface area (Å²) in [4.78, 5) is 28.3. The number of carboxylic acids is 1. The summed E-state index contributed by atoms with van der Waals surface area (Å²) in [7, 11) is 0. The van der Waals surface area contributed by atoms with Crippen molar-refractivity contribution in [3.63, 3.8) is 0 Å². The summed E-state index contributed by atoms with van der Waals surface area (Å²) < 4.78 is 0. The van der Waals surface area contributed by atoms with Gasteiger partial charge in [-0.05, 0) is 48.5 Å². The molecule has 8 heteroatoms. The van der Waals surface area contributed by atoms with Crippen LogP contribution in [0.1, 0.15) is 20.7 Å². The zero-order valence-corrected chi connectivity index (χ0v) is 18.6. The highest BCUT2D eigenvalue weighted by Gasteiger charge is 2.18. The molecule has 32 heavy (non-hydrogen) atoms. The van der Waals surface area contributed by atoms with Crippen LogP contribution in [0.5, 0.6) is 0 Å². The number of nitrogens with zero attached hydrogens (tertiary/aromatic N) is 2. The number of halogens is 2. The minimum Gasteiger partial charge on any atom is -0.545 e. The van der Waals surface area contributed by atoms with Crippen molar-refractivity contribution in [2.45, 2.75) is 0 Å². The molecule has 0 aliphatic carbocycles. The number of piperazine rings is 1. The van der Waals surface area contributed by atoms with E-state index in [4.69, 9.17) is 23.2 Å². The Labute approximate surface area is 196 Å². The summed E-state index contributed by atoms with van der Waals surface area (Å²) in [6, 6.07) is 19.1. The molecule has 6 nitrogen and oxygen atoms in total. The number of carbonyl (C=O) groups excluding carboxylic acids is 2. The van der Waals surface area contributed by atoms with Gasteiger partial charge in [-0.1, -0.05) is 41.4 Å². The van der Waals surface area contributed by atoms with Crippen molar-refractivity contribution < 1.29 is 14.7 Å². The van der Waals surface area contributed by atoms with E-state index in [1.54, 1.807) is 24.3 Å². The molecule has 1 amide bonds. The van der Waals surface area contributed by atoms with Crippen molar-refractivity contribution in [1.29, 1.82) is 0 Å². The van der Waals surface area contributed by atoms with Gasteiger partial charge in [0.1, 0.15) is 0 Å². The van der Waals surface area contributed by atoms with E-state index in [0.29, 0.717) is 15.7 Å². The molecule has 0 atom stereocenters. The smallest absolute Gasteiger partial charge is 0.256 e. The van der Waals surface area contributed by atoms with Crippen LogP contribution in [0.25, 0.3) is 0 Å². The molecule has 1 fully saturated rings. The molecular formula is C24H20Cl2N3O3-. The van der Waals surface area contributed by atoms with Gasteiger partial charge in [0.25, 0.3) is 5.91 Å². The molecule has 164 valence electrons. The maximum Gasteiger partial charge on any atom is 0.256 e. The maximum absolute atomic E-state index is 12.5. The first-order chi connectivity index (χ1) is 15.4. The number of amides is 1. The normalized spacial score (nSPS) is 13.7. The van der Waals surface area contributed by atoms with Crippen LogP contribution in [-0.4, -0.2) is 38.1 Å². The summed E-state index contributed by atoms with van der Waals surface area (Å²) in [6.07, 6.45) is 0. The van der Waals surface area contributed by atoms with Crippen LogP contribution in [0.4, 0.5) is 17.1 Å². The number of hydrogen-bond acceptors (Lipinski definition) is 5. The van der Waals surface area contributed by atoms with E-state index in [-0.39, 0.29) is 11.1 Å². The number of aromatic carboxylic acids is 1. The lowest BCUT2D eigenvalue weighted by atomic mass is 10.1. The van der Waals surface area contributed by atoms with Crippen LogP contribution in [0.15, 0.2) is 66.7 Å². The van der Waals surface area contributed by atoms with Crippen LogP contribution in [0, 0.1) is 0 Å². The molecule has 3 aromatic carbocycles. The highest BCUT2D eigenvalue weighted by atomic mass is 35.5. The number of hydrogen-bond donors (Lipinski definition) is 1. The topological polar surface area (TPSA) is 75.7 Å². The number of carbonyl (C=O) groups is 2. The fraction of sp³-hybridized carbons (Fsp3) is 0.167. The lowest BCUT2D eigenvalue weighted by molar-refractivity contribution is -0.255. The van der Waals surface area contributed by atoms with Crippen LogP contribution in [-0.2, 0) is 0 Å². The van der Waals surface area contributed by atoms with Crippen molar-refractivity contribution in [3.8, 4) is 0 Å². The molecule has 1 N–H and O–H groups in total. The average Bonchev–Trinajstić information content (AvgIpc) is 2.81. The van der Waals surface area contributed by atoms with Gasteiger partial charge in [-0.25, -0.2) is 0 Å². The van der Waals surface area contributed by atoms with Gasteiger partial charge in [0.15, 0.2) is 0 Å². The summed E-state index contributed by atoms with van der Waals surface area (Å²) in [5, 5.41) is 15.1. The van der Waals surface area contributed by atoms with Gasteiger partial charge in [-0.3, -0.25) is 4.79 Å². The van der Waals surface area contributed by atoms with E-state index in [9.17, 15) is 14.7 Å². The van der Waals surface area contributed by atoms with Crippen molar-refractivity contribution in [2.75, 3.05) is 41.3 Å². The molecule has 1 heterocycles. The number of nitrogens with one attached hydrogen (secondary N) is 1. The number of carboxylic acid groups (broad SMARTS) is 1. The van der Waals surface area contributed by atoms with Crippen LogP contribution < -0.4 is 20.2 Å². The van der Waals surface area contributed by atoms with Gasteiger partial charge < -0.3 is 25.0 Å². The van der Waals surface area contributed by atoms with E-state index >= 15 is 0 Å². The molecular weight excluding hydrogens is 449 g/mol. The van der Waals surface area contributed by atoms with Crippen molar-refractivity contribution >= 4 is 52.1 Å². The Morgan fingerprint density at radius 2 is 1.31 bits per heavy atom. The SMILES string of the molecule is O=C([O-])c1ccccc1C(=O)Nc1ccc(N2CCN(c3ccc(Cl)c(Cl)c3)CC2)cc1. The third-order valence-electron chi connectivity index (χ3n) is 5.43. The Morgan fingerprint density at radius 1 is 0.750 bits per heavy atom. The molecule has 3 aromatic rings. The largest absolute Gasteiger partial charge is 0.545 e. The Kier molecular flexibility index (Phi) is 6.53. The summed E-state index contributed by atoms with van der Waals surface area (Å²) in [5.74, 6) is -1.88. The quantitative estimate of drug-likeness (QED) is 0.613. The second-order valence-electron chi connectivity index (χ2n) is 7.41. The molecule has 0 saturated carbocycles. The molecule has 1 aliphatic heterocycles. The molecule has 0 bridgehead atoms. The van der Waals surface area contributed by atoms with E-state index in [1.165, 1.54) is 12.1 Å². The zero-order chi connectivity index (χ0) is 22.7. The summed E-state index contributed by atoms with van der Waals surface area (Å²) in [5.41, 5.74) is 2.61. The Morgan fingerprint density at radius 3 is 1.91 bits per heavy atom. The van der Waals surface area contributed by atoms with Crippen LogP contribution in [0.2, 0.25) is 10.0 Å². The second kappa shape index (κ2) is 9.51. The maximum atomic E-state index is 12.5. The third kappa shape index (κ3) is 4.82. The van der Waals surface area contributed by atoms with Crippen molar-refractivity contribution in [2.24, 2.45) is 0 Å². The van der Waals surface area contributed by atoms with E-state index in [1.807, 2.05) is 30.3 Å². The molecule has 0 spiro atoms. The van der Waals surface area contributed by atoms with Gasteiger partial charge in [-0.2, -0.15) is 0 Å². The fourth-order valence-corrected chi connectivity index (χ4v) is 4.01. The van der Waals surface area contributed by atoms with E-state index in [0.717, 1.165) is 37.6 Å². The van der Waals surface area contributed by atoms with Gasteiger partial charge in [0.05, 0.1) is 16.0 Å². The van der Waals surface area contributed by atoms with Crippen LogP contribution >= 0.6 is 23.2 Å². The third-order valence-corrected chi connectivity index (χ3v) is 6.17. The fourth-order valence-electron chi connectivity index (χ4n) is 3.72. The first kappa shape index (κ1) is 22.0.